The molecule has 1 aromatic rings. The predicted octanol–water partition coefficient (Wildman–Crippen LogP) is 2.86. The number of hydrogen-bond acceptors (Lipinski definition) is 4. The van der Waals surface area contributed by atoms with E-state index in [1.54, 1.807) is 18.0 Å². The summed E-state index contributed by atoms with van der Waals surface area (Å²) in [6.45, 7) is 4.47. The molecule has 110 valence electrons. The minimum atomic E-state index is 0.117. The lowest BCUT2D eigenvalue weighted by Gasteiger charge is -2.23. The Hall–Kier alpha value is -1.07. The van der Waals surface area contributed by atoms with Gasteiger partial charge < -0.3 is 9.64 Å². The molecule has 0 spiro atoms. The molecule has 4 nitrogen and oxygen atoms in total. The molecule has 0 N–H and O–H groups in total. The Labute approximate surface area is 124 Å². The summed E-state index contributed by atoms with van der Waals surface area (Å²) in [4.78, 5) is 18.1. The first kappa shape index (κ1) is 15.3. The molecule has 1 aliphatic rings. The summed E-state index contributed by atoms with van der Waals surface area (Å²) in [6.07, 6.45) is 6.77. The number of rotatable bonds is 8. The molecule has 0 saturated carbocycles. The molecule has 1 aromatic heterocycles. The molecule has 1 aliphatic heterocycles. The molecule has 0 aliphatic carbocycles. The van der Waals surface area contributed by atoms with Crippen LogP contribution in [0.5, 0.6) is 0 Å². The molecular weight excluding hydrogens is 272 g/mol. The van der Waals surface area contributed by atoms with Crippen molar-refractivity contribution in [1.82, 2.24) is 9.88 Å². The van der Waals surface area contributed by atoms with Gasteiger partial charge in [0.05, 0.1) is 5.75 Å². The average Bonchev–Trinajstić information content (AvgIpc) is 2.85. The van der Waals surface area contributed by atoms with Gasteiger partial charge in [0.2, 0.25) is 5.91 Å². The van der Waals surface area contributed by atoms with Crippen LogP contribution in [0.2, 0.25) is 0 Å². The number of nitrogens with zero attached hydrogens (tertiary/aromatic N) is 2. The van der Waals surface area contributed by atoms with E-state index in [0.29, 0.717) is 5.75 Å². The van der Waals surface area contributed by atoms with Crippen LogP contribution in [0.15, 0.2) is 24.5 Å². The zero-order valence-corrected chi connectivity index (χ0v) is 12.8. The van der Waals surface area contributed by atoms with E-state index in [2.05, 4.69) is 11.9 Å². The summed E-state index contributed by atoms with van der Waals surface area (Å²) in [6, 6.07) is 3.96. The lowest BCUT2D eigenvalue weighted by Crippen LogP contribution is -2.30. The standard InChI is InChI=1S/C15H22N2O2S/c1-2-3-9-19-10-5-8-17-14(18)12-20-15(17)13-6-4-7-16-11-13/h4,6-7,11,15H,2-3,5,8-10,12H2,1H3. The van der Waals surface area contributed by atoms with Crippen molar-refractivity contribution >= 4 is 17.7 Å². The van der Waals surface area contributed by atoms with Gasteiger partial charge in [0, 0.05) is 37.7 Å². The Morgan fingerprint density at radius 3 is 3.05 bits per heavy atom. The quantitative estimate of drug-likeness (QED) is 0.691. The number of carbonyl (C=O) groups excluding carboxylic acids is 1. The van der Waals surface area contributed by atoms with Crippen molar-refractivity contribution in [2.24, 2.45) is 0 Å². The summed E-state index contributed by atoms with van der Waals surface area (Å²) in [7, 11) is 0. The number of pyridine rings is 1. The Kier molecular flexibility index (Phi) is 6.33. The highest BCUT2D eigenvalue weighted by Crippen LogP contribution is 2.38. The van der Waals surface area contributed by atoms with Crippen LogP contribution in [0.4, 0.5) is 0 Å². The smallest absolute Gasteiger partial charge is 0.233 e. The number of unbranched alkanes of at least 4 members (excludes halogenated alkanes) is 1. The van der Waals surface area contributed by atoms with Crippen LogP contribution in [-0.2, 0) is 9.53 Å². The molecule has 0 aromatic carbocycles. The minimum Gasteiger partial charge on any atom is -0.381 e. The molecule has 5 heteroatoms. The molecule has 2 rings (SSSR count). The number of ether oxygens (including phenoxy) is 1. The van der Waals surface area contributed by atoms with Gasteiger partial charge in [0.1, 0.15) is 5.37 Å². The van der Waals surface area contributed by atoms with Crippen molar-refractivity contribution in [3.63, 3.8) is 0 Å². The highest BCUT2D eigenvalue weighted by molar-refractivity contribution is 8.00. The summed E-state index contributed by atoms with van der Waals surface area (Å²) >= 11 is 1.68. The largest absolute Gasteiger partial charge is 0.381 e. The van der Waals surface area contributed by atoms with Crippen LogP contribution in [0.1, 0.15) is 37.1 Å². The summed E-state index contributed by atoms with van der Waals surface area (Å²) in [5.74, 6) is 0.786. The molecule has 0 radical (unpaired) electrons. The zero-order chi connectivity index (χ0) is 14.2. The third-order valence-electron chi connectivity index (χ3n) is 3.27. The maximum atomic E-state index is 12.0. The molecule has 1 fully saturated rings. The van der Waals surface area contributed by atoms with Crippen molar-refractivity contribution in [2.75, 3.05) is 25.5 Å². The average molecular weight is 294 g/mol. The van der Waals surface area contributed by atoms with Crippen LogP contribution in [0.3, 0.4) is 0 Å². The van der Waals surface area contributed by atoms with Gasteiger partial charge >= 0.3 is 0 Å². The van der Waals surface area contributed by atoms with Gasteiger partial charge in [-0.25, -0.2) is 0 Å². The van der Waals surface area contributed by atoms with E-state index in [0.717, 1.165) is 44.6 Å². The molecule has 1 amide bonds. The second-order valence-corrected chi connectivity index (χ2v) is 5.92. The number of aromatic nitrogens is 1. The molecule has 1 saturated heterocycles. The fourth-order valence-electron chi connectivity index (χ4n) is 2.18. The first-order valence-corrected chi connectivity index (χ1v) is 8.26. The van der Waals surface area contributed by atoms with E-state index in [1.807, 2.05) is 23.2 Å². The molecule has 1 unspecified atom stereocenters. The second-order valence-electron chi connectivity index (χ2n) is 4.86. The molecule has 20 heavy (non-hydrogen) atoms. The number of hydrogen-bond donors (Lipinski definition) is 0. The van der Waals surface area contributed by atoms with Gasteiger partial charge in [-0.15, -0.1) is 11.8 Å². The highest BCUT2D eigenvalue weighted by Gasteiger charge is 2.32. The Morgan fingerprint density at radius 2 is 2.30 bits per heavy atom. The van der Waals surface area contributed by atoms with Crippen LogP contribution >= 0.6 is 11.8 Å². The fraction of sp³-hybridized carbons (Fsp3) is 0.600. The van der Waals surface area contributed by atoms with Crippen molar-refractivity contribution in [3.05, 3.63) is 30.1 Å². The Bertz CT molecular complexity index is 414. The van der Waals surface area contributed by atoms with Crippen LogP contribution in [0.25, 0.3) is 0 Å². The minimum absolute atomic E-state index is 0.117. The highest BCUT2D eigenvalue weighted by atomic mass is 32.2. The van der Waals surface area contributed by atoms with Crippen LogP contribution in [0, 0.1) is 0 Å². The van der Waals surface area contributed by atoms with Crippen molar-refractivity contribution in [1.29, 1.82) is 0 Å². The molecule has 0 bridgehead atoms. The fourth-order valence-corrected chi connectivity index (χ4v) is 3.38. The van der Waals surface area contributed by atoms with Gasteiger partial charge in [-0.05, 0) is 18.9 Å². The maximum Gasteiger partial charge on any atom is 0.233 e. The Balaban J connectivity index is 1.80. The summed E-state index contributed by atoms with van der Waals surface area (Å²) < 4.78 is 5.55. The summed E-state index contributed by atoms with van der Waals surface area (Å²) in [5.41, 5.74) is 1.11. The van der Waals surface area contributed by atoms with Gasteiger partial charge in [0.25, 0.3) is 0 Å². The lowest BCUT2D eigenvalue weighted by atomic mass is 10.2. The van der Waals surface area contributed by atoms with Crippen molar-refractivity contribution in [2.45, 2.75) is 31.6 Å². The van der Waals surface area contributed by atoms with Gasteiger partial charge in [-0.1, -0.05) is 19.4 Å². The van der Waals surface area contributed by atoms with Crippen molar-refractivity contribution < 1.29 is 9.53 Å². The monoisotopic (exact) mass is 294 g/mol. The van der Waals surface area contributed by atoms with Crippen LogP contribution in [-0.4, -0.2) is 41.3 Å². The number of amides is 1. The second kappa shape index (κ2) is 8.27. The molecular formula is C15H22N2O2S. The van der Waals surface area contributed by atoms with Gasteiger partial charge in [-0.2, -0.15) is 0 Å². The SMILES string of the molecule is CCCCOCCCN1C(=O)CSC1c1cccnc1. The first-order chi connectivity index (χ1) is 9.83. The van der Waals surface area contributed by atoms with Gasteiger partial charge in [0.15, 0.2) is 0 Å². The maximum absolute atomic E-state index is 12.0. The molecule has 1 atom stereocenters. The van der Waals surface area contributed by atoms with E-state index < -0.39 is 0 Å². The summed E-state index contributed by atoms with van der Waals surface area (Å²) in [5, 5.41) is 0.117. The van der Waals surface area contributed by atoms with Crippen molar-refractivity contribution in [3.8, 4) is 0 Å². The zero-order valence-electron chi connectivity index (χ0n) is 12.0. The lowest BCUT2D eigenvalue weighted by molar-refractivity contribution is -0.128. The third kappa shape index (κ3) is 4.21. The van der Waals surface area contributed by atoms with Gasteiger partial charge in [-0.3, -0.25) is 9.78 Å². The normalized spacial score (nSPS) is 18.8. The molecule has 2 heterocycles. The van der Waals surface area contributed by atoms with E-state index in [4.69, 9.17) is 4.74 Å². The van der Waals surface area contributed by atoms with Crippen LogP contribution < -0.4 is 0 Å². The number of thioether (sulfide) groups is 1. The predicted molar refractivity (Wildman–Crippen MR) is 81.5 cm³/mol. The van der Waals surface area contributed by atoms with E-state index >= 15 is 0 Å². The third-order valence-corrected chi connectivity index (χ3v) is 4.52. The Morgan fingerprint density at radius 1 is 1.45 bits per heavy atom. The first-order valence-electron chi connectivity index (χ1n) is 7.21. The van der Waals surface area contributed by atoms with E-state index in [9.17, 15) is 4.79 Å². The number of carbonyl (C=O) groups is 1. The van der Waals surface area contributed by atoms with E-state index in [-0.39, 0.29) is 11.3 Å². The topological polar surface area (TPSA) is 42.4 Å². The van der Waals surface area contributed by atoms with E-state index in [1.165, 1.54) is 0 Å².